The number of benzene rings is 1. The lowest BCUT2D eigenvalue weighted by molar-refractivity contribution is 0.107. The summed E-state index contributed by atoms with van der Waals surface area (Å²) in [6.45, 7) is 1.90. The van der Waals surface area contributed by atoms with Gasteiger partial charge in [0.2, 0.25) is 0 Å². The number of amides is 1. The monoisotopic (exact) mass is 393 g/mol. The topological polar surface area (TPSA) is 99.9 Å². The summed E-state index contributed by atoms with van der Waals surface area (Å²) in [6, 6.07) is 9.89. The fourth-order valence-corrected chi connectivity index (χ4v) is 3.79. The lowest BCUT2D eigenvalue weighted by Gasteiger charge is -2.33. The highest BCUT2D eigenvalue weighted by atomic mass is 32.2. The molecule has 146 valence electrons. The van der Waals surface area contributed by atoms with Crippen molar-refractivity contribution in [3.63, 3.8) is 0 Å². The number of rotatable bonds is 6. The zero-order valence-corrected chi connectivity index (χ0v) is 16.0. The van der Waals surface area contributed by atoms with E-state index in [1.165, 1.54) is 4.90 Å². The van der Waals surface area contributed by atoms with Crippen LogP contribution in [0, 0.1) is 17.2 Å². The molecule has 0 saturated carbocycles. The molecule has 1 aromatic carbocycles. The quantitative estimate of drug-likeness (QED) is 0.683. The number of nitrogens with zero attached hydrogens (tertiary/aromatic N) is 3. The Bertz CT molecular complexity index is 810. The third kappa shape index (κ3) is 5.11. The van der Waals surface area contributed by atoms with Crippen LogP contribution in [0.3, 0.4) is 0 Å². The lowest BCUT2D eigenvalue weighted by atomic mass is 9.94. The van der Waals surface area contributed by atoms with Crippen LogP contribution >= 0.6 is 0 Å². The molecule has 2 heterocycles. The van der Waals surface area contributed by atoms with Gasteiger partial charge in [0.15, 0.2) is 0 Å². The van der Waals surface area contributed by atoms with E-state index in [4.69, 9.17) is 14.2 Å². The van der Waals surface area contributed by atoms with Gasteiger partial charge in [-0.3, -0.25) is 9.08 Å². The third-order valence-corrected chi connectivity index (χ3v) is 5.43. The number of hydrogen-bond donors (Lipinski definition) is 0. The van der Waals surface area contributed by atoms with Crippen LogP contribution in [0.25, 0.3) is 0 Å². The molecule has 2 saturated heterocycles. The number of piperidine rings is 1. The van der Waals surface area contributed by atoms with Crippen molar-refractivity contribution in [3.05, 3.63) is 24.3 Å². The standard InChI is InChI=1S/C18H23N3O5S/c1-27(23,24)25-13-17-12-21(18(22)26-17)16-4-2-15(3-5-16)20-10-7-14(6-9-19)8-11-20/h2-5,14,17H,6-8,10-13H2,1H3. The van der Waals surface area contributed by atoms with Gasteiger partial charge in [0, 0.05) is 30.9 Å². The van der Waals surface area contributed by atoms with Crippen LogP contribution in [0.1, 0.15) is 19.3 Å². The number of carbonyl (C=O) groups excluding carboxylic acids is 1. The molecule has 1 unspecified atom stereocenters. The van der Waals surface area contributed by atoms with Crippen LogP contribution in [-0.4, -0.2) is 53.1 Å². The third-order valence-electron chi connectivity index (χ3n) is 4.86. The van der Waals surface area contributed by atoms with E-state index in [1.807, 2.05) is 24.3 Å². The van der Waals surface area contributed by atoms with Crippen LogP contribution in [0.2, 0.25) is 0 Å². The molecular weight excluding hydrogens is 370 g/mol. The van der Waals surface area contributed by atoms with Crippen molar-refractivity contribution >= 4 is 27.6 Å². The Morgan fingerprint density at radius 2 is 1.85 bits per heavy atom. The molecule has 1 atom stereocenters. The first-order chi connectivity index (χ1) is 12.9. The van der Waals surface area contributed by atoms with E-state index >= 15 is 0 Å². The molecule has 1 aromatic rings. The van der Waals surface area contributed by atoms with Crippen molar-refractivity contribution in [2.75, 3.05) is 42.3 Å². The first kappa shape index (κ1) is 19.5. The molecule has 8 nitrogen and oxygen atoms in total. The van der Waals surface area contributed by atoms with Crippen molar-refractivity contribution < 1.29 is 22.1 Å². The number of ether oxygens (including phenoxy) is 1. The number of hydrogen-bond acceptors (Lipinski definition) is 7. The maximum Gasteiger partial charge on any atom is 0.414 e. The van der Waals surface area contributed by atoms with Gasteiger partial charge in [-0.2, -0.15) is 13.7 Å². The molecule has 0 aliphatic carbocycles. The normalized spacial score (nSPS) is 21.2. The lowest BCUT2D eigenvalue weighted by Crippen LogP contribution is -2.33. The highest BCUT2D eigenvalue weighted by Crippen LogP contribution is 2.28. The van der Waals surface area contributed by atoms with Crippen LogP contribution in [-0.2, 0) is 19.0 Å². The van der Waals surface area contributed by atoms with E-state index < -0.39 is 22.3 Å². The van der Waals surface area contributed by atoms with Crippen molar-refractivity contribution in [2.24, 2.45) is 5.92 Å². The Labute approximate surface area is 159 Å². The molecule has 0 spiro atoms. The van der Waals surface area contributed by atoms with Crippen molar-refractivity contribution in [1.82, 2.24) is 0 Å². The molecule has 27 heavy (non-hydrogen) atoms. The fourth-order valence-electron chi connectivity index (χ4n) is 3.39. The Balaban J connectivity index is 1.57. The molecule has 2 aliphatic rings. The average molecular weight is 393 g/mol. The van der Waals surface area contributed by atoms with Crippen molar-refractivity contribution in [3.8, 4) is 6.07 Å². The summed E-state index contributed by atoms with van der Waals surface area (Å²) in [4.78, 5) is 15.8. The van der Waals surface area contributed by atoms with Gasteiger partial charge in [0.05, 0.1) is 18.9 Å². The van der Waals surface area contributed by atoms with E-state index in [0.29, 0.717) is 18.0 Å². The molecule has 3 rings (SSSR count). The molecule has 2 fully saturated rings. The largest absolute Gasteiger partial charge is 0.441 e. The number of carbonyl (C=O) groups is 1. The van der Waals surface area contributed by atoms with Crippen LogP contribution in [0.4, 0.5) is 16.2 Å². The number of cyclic esters (lactones) is 1. The molecule has 0 bridgehead atoms. The Morgan fingerprint density at radius 3 is 2.44 bits per heavy atom. The smallest absolute Gasteiger partial charge is 0.414 e. The SMILES string of the molecule is CS(=O)(=O)OCC1CN(c2ccc(N3CCC(CC#N)CC3)cc2)C(=O)O1. The van der Waals surface area contributed by atoms with E-state index in [9.17, 15) is 13.2 Å². The summed E-state index contributed by atoms with van der Waals surface area (Å²) in [7, 11) is -3.57. The Kier molecular flexibility index (Phi) is 5.87. The fraction of sp³-hybridized carbons (Fsp3) is 0.556. The molecule has 1 amide bonds. The Hall–Kier alpha value is -2.31. The first-order valence-corrected chi connectivity index (χ1v) is 10.7. The minimum Gasteiger partial charge on any atom is -0.441 e. The van der Waals surface area contributed by atoms with Gasteiger partial charge in [-0.25, -0.2) is 4.79 Å². The second-order valence-electron chi connectivity index (χ2n) is 6.91. The number of anilines is 2. The van der Waals surface area contributed by atoms with E-state index in [0.717, 1.165) is 37.9 Å². The molecule has 0 aromatic heterocycles. The summed E-state index contributed by atoms with van der Waals surface area (Å²) < 4.78 is 32.0. The maximum atomic E-state index is 12.1. The maximum absolute atomic E-state index is 12.1. The summed E-state index contributed by atoms with van der Waals surface area (Å²) in [5.41, 5.74) is 1.78. The summed E-state index contributed by atoms with van der Waals surface area (Å²) in [5, 5.41) is 8.81. The molecule has 0 radical (unpaired) electrons. The molecule has 0 N–H and O–H groups in total. The molecule has 2 aliphatic heterocycles. The highest BCUT2D eigenvalue weighted by Gasteiger charge is 2.33. The number of nitriles is 1. The molecular formula is C18H23N3O5S. The summed E-state index contributed by atoms with van der Waals surface area (Å²) >= 11 is 0. The van der Waals surface area contributed by atoms with Gasteiger partial charge in [-0.1, -0.05) is 0 Å². The first-order valence-electron chi connectivity index (χ1n) is 8.90. The van der Waals surface area contributed by atoms with E-state index in [2.05, 4.69) is 11.0 Å². The zero-order chi connectivity index (χ0) is 19.4. The van der Waals surface area contributed by atoms with Crippen molar-refractivity contribution in [1.29, 1.82) is 5.26 Å². The minimum atomic E-state index is -3.57. The van der Waals surface area contributed by atoms with Gasteiger partial charge in [0.1, 0.15) is 12.7 Å². The average Bonchev–Trinajstić information content (AvgIpc) is 3.01. The second-order valence-corrected chi connectivity index (χ2v) is 8.56. The summed E-state index contributed by atoms with van der Waals surface area (Å²) in [5.74, 6) is 0.482. The van der Waals surface area contributed by atoms with Crippen molar-refractivity contribution in [2.45, 2.75) is 25.4 Å². The van der Waals surface area contributed by atoms with Gasteiger partial charge in [-0.05, 0) is 43.0 Å². The van der Waals surface area contributed by atoms with Crippen LogP contribution in [0.5, 0.6) is 0 Å². The van der Waals surface area contributed by atoms with Gasteiger partial charge < -0.3 is 9.64 Å². The predicted molar refractivity (Wildman–Crippen MR) is 100 cm³/mol. The second kappa shape index (κ2) is 8.15. The van der Waals surface area contributed by atoms with E-state index in [-0.39, 0.29) is 13.2 Å². The highest BCUT2D eigenvalue weighted by molar-refractivity contribution is 7.85. The van der Waals surface area contributed by atoms with Crippen LogP contribution < -0.4 is 9.80 Å². The minimum absolute atomic E-state index is 0.184. The predicted octanol–water partition coefficient (Wildman–Crippen LogP) is 2.12. The van der Waals surface area contributed by atoms with Gasteiger partial charge in [-0.15, -0.1) is 0 Å². The summed E-state index contributed by atoms with van der Waals surface area (Å²) in [6.07, 6.45) is 2.47. The Morgan fingerprint density at radius 1 is 1.22 bits per heavy atom. The van der Waals surface area contributed by atoms with Crippen LogP contribution in [0.15, 0.2) is 24.3 Å². The molecule has 9 heteroatoms. The van der Waals surface area contributed by atoms with E-state index in [1.54, 1.807) is 0 Å². The van der Waals surface area contributed by atoms with Gasteiger partial charge >= 0.3 is 6.09 Å². The van der Waals surface area contributed by atoms with Gasteiger partial charge in [0.25, 0.3) is 10.1 Å². The zero-order valence-electron chi connectivity index (χ0n) is 15.2.